The summed E-state index contributed by atoms with van der Waals surface area (Å²) in [6, 6.07) is 9.17. The molecular weight excluding hydrogens is 297 g/mol. The van der Waals surface area contributed by atoms with E-state index in [4.69, 9.17) is 5.73 Å². The van der Waals surface area contributed by atoms with Gasteiger partial charge < -0.3 is 11.1 Å². The van der Waals surface area contributed by atoms with Crippen LogP contribution in [0.5, 0.6) is 0 Å². The molecule has 0 saturated heterocycles. The number of nitrogens with one attached hydrogen (secondary N) is 1. The van der Waals surface area contributed by atoms with Crippen molar-refractivity contribution in [2.45, 2.75) is 13.1 Å². The van der Waals surface area contributed by atoms with Crippen LogP contribution in [-0.2, 0) is 13.1 Å². The molecule has 0 saturated carbocycles. The zero-order chi connectivity index (χ0) is 13.0. The van der Waals surface area contributed by atoms with Gasteiger partial charge >= 0.3 is 0 Å². The molecule has 2 aromatic rings. The van der Waals surface area contributed by atoms with Gasteiger partial charge in [0.2, 0.25) is 0 Å². The SMILES string of the molecule is NCc1ccccc1CNc1ncc(Br)cc1F. The van der Waals surface area contributed by atoms with E-state index in [1.54, 1.807) is 6.20 Å². The van der Waals surface area contributed by atoms with E-state index in [0.29, 0.717) is 17.6 Å². The summed E-state index contributed by atoms with van der Waals surface area (Å²) in [5, 5.41) is 2.97. The summed E-state index contributed by atoms with van der Waals surface area (Å²) in [4.78, 5) is 3.98. The van der Waals surface area contributed by atoms with Crippen LogP contribution < -0.4 is 11.1 Å². The molecule has 0 aliphatic carbocycles. The maximum atomic E-state index is 13.6. The van der Waals surface area contributed by atoms with Crippen LogP contribution in [0, 0.1) is 5.82 Å². The van der Waals surface area contributed by atoms with Crippen molar-refractivity contribution in [3.63, 3.8) is 0 Å². The van der Waals surface area contributed by atoms with E-state index in [0.717, 1.165) is 11.1 Å². The van der Waals surface area contributed by atoms with Crippen LogP contribution in [0.15, 0.2) is 41.0 Å². The second-order valence-electron chi connectivity index (χ2n) is 3.81. The number of benzene rings is 1. The van der Waals surface area contributed by atoms with E-state index in [-0.39, 0.29) is 11.6 Å². The van der Waals surface area contributed by atoms with Crippen molar-refractivity contribution >= 4 is 21.7 Å². The lowest BCUT2D eigenvalue weighted by Gasteiger charge is -2.10. The van der Waals surface area contributed by atoms with Gasteiger partial charge in [-0.05, 0) is 33.1 Å². The highest BCUT2D eigenvalue weighted by molar-refractivity contribution is 9.10. The molecule has 3 N–H and O–H groups in total. The van der Waals surface area contributed by atoms with E-state index >= 15 is 0 Å². The largest absolute Gasteiger partial charge is 0.364 e. The minimum atomic E-state index is -0.380. The fraction of sp³-hybridized carbons (Fsp3) is 0.154. The highest BCUT2D eigenvalue weighted by Gasteiger charge is 2.05. The number of pyridine rings is 1. The molecule has 0 fully saturated rings. The maximum Gasteiger partial charge on any atom is 0.166 e. The Balaban J connectivity index is 2.11. The van der Waals surface area contributed by atoms with Crippen molar-refractivity contribution in [2.75, 3.05) is 5.32 Å². The Morgan fingerprint density at radius 2 is 2.00 bits per heavy atom. The Hall–Kier alpha value is -1.46. The predicted octanol–water partition coefficient (Wildman–Crippen LogP) is 3.05. The van der Waals surface area contributed by atoms with Crippen molar-refractivity contribution in [3.05, 3.63) is 57.9 Å². The highest BCUT2D eigenvalue weighted by atomic mass is 79.9. The minimum absolute atomic E-state index is 0.241. The first-order valence-corrected chi connectivity index (χ1v) is 6.32. The molecule has 1 aromatic heterocycles. The third kappa shape index (κ3) is 3.05. The van der Waals surface area contributed by atoms with Gasteiger partial charge in [-0.2, -0.15) is 0 Å². The third-order valence-corrected chi connectivity index (χ3v) is 3.03. The Bertz CT molecular complexity index is 546. The second-order valence-corrected chi connectivity index (χ2v) is 4.73. The summed E-state index contributed by atoms with van der Waals surface area (Å²) in [5.41, 5.74) is 7.74. The monoisotopic (exact) mass is 309 g/mol. The average Bonchev–Trinajstić information content (AvgIpc) is 2.38. The first-order chi connectivity index (χ1) is 8.70. The predicted molar refractivity (Wildman–Crippen MR) is 73.6 cm³/mol. The minimum Gasteiger partial charge on any atom is -0.364 e. The van der Waals surface area contributed by atoms with E-state index in [1.807, 2.05) is 24.3 Å². The number of aromatic nitrogens is 1. The molecule has 1 aromatic carbocycles. The van der Waals surface area contributed by atoms with Crippen molar-refractivity contribution in [1.82, 2.24) is 4.98 Å². The smallest absolute Gasteiger partial charge is 0.166 e. The van der Waals surface area contributed by atoms with Crippen molar-refractivity contribution < 1.29 is 4.39 Å². The Kier molecular flexibility index (Phi) is 4.28. The van der Waals surface area contributed by atoms with Crippen molar-refractivity contribution in [1.29, 1.82) is 0 Å². The number of nitrogens with zero attached hydrogens (tertiary/aromatic N) is 1. The fourth-order valence-electron chi connectivity index (χ4n) is 1.65. The van der Waals surface area contributed by atoms with Crippen LogP contribution in [0.25, 0.3) is 0 Å². The number of hydrogen-bond acceptors (Lipinski definition) is 3. The van der Waals surface area contributed by atoms with E-state index in [1.165, 1.54) is 6.07 Å². The maximum absolute atomic E-state index is 13.6. The average molecular weight is 310 g/mol. The Morgan fingerprint density at radius 3 is 2.67 bits per heavy atom. The van der Waals surface area contributed by atoms with Gasteiger partial charge in [-0.1, -0.05) is 24.3 Å². The molecule has 0 aliphatic rings. The van der Waals surface area contributed by atoms with Crippen LogP contribution in [0.3, 0.4) is 0 Å². The van der Waals surface area contributed by atoms with Gasteiger partial charge in [0, 0.05) is 23.8 Å². The standard InChI is InChI=1S/C13H13BrFN3/c14-11-5-12(15)13(18-8-11)17-7-10-4-2-1-3-9(10)6-16/h1-5,8H,6-7,16H2,(H,17,18). The molecule has 0 spiro atoms. The fourth-order valence-corrected chi connectivity index (χ4v) is 1.96. The molecule has 3 nitrogen and oxygen atoms in total. The zero-order valence-corrected chi connectivity index (χ0v) is 11.2. The van der Waals surface area contributed by atoms with E-state index in [2.05, 4.69) is 26.2 Å². The van der Waals surface area contributed by atoms with E-state index < -0.39 is 0 Å². The Labute approximate surface area is 113 Å². The summed E-state index contributed by atoms with van der Waals surface area (Å²) in [5.74, 6) is -0.139. The zero-order valence-electron chi connectivity index (χ0n) is 9.66. The van der Waals surface area contributed by atoms with Crippen LogP contribution in [-0.4, -0.2) is 4.98 Å². The van der Waals surface area contributed by atoms with Crippen molar-refractivity contribution in [3.8, 4) is 0 Å². The lowest BCUT2D eigenvalue weighted by Crippen LogP contribution is -2.08. The molecule has 1 heterocycles. The molecule has 0 atom stereocenters. The second kappa shape index (κ2) is 5.93. The Morgan fingerprint density at radius 1 is 1.28 bits per heavy atom. The first-order valence-electron chi connectivity index (χ1n) is 5.52. The van der Waals surface area contributed by atoms with Crippen LogP contribution in [0.2, 0.25) is 0 Å². The number of hydrogen-bond donors (Lipinski definition) is 2. The quantitative estimate of drug-likeness (QED) is 0.912. The molecule has 5 heteroatoms. The van der Waals surface area contributed by atoms with Crippen LogP contribution in [0.1, 0.15) is 11.1 Å². The van der Waals surface area contributed by atoms with Gasteiger partial charge in [-0.25, -0.2) is 9.37 Å². The van der Waals surface area contributed by atoms with Gasteiger partial charge in [-0.15, -0.1) is 0 Å². The molecule has 0 amide bonds. The normalized spacial score (nSPS) is 10.4. The van der Waals surface area contributed by atoms with Gasteiger partial charge in [0.05, 0.1) is 0 Å². The molecule has 0 aliphatic heterocycles. The van der Waals surface area contributed by atoms with Crippen LogP contribution in [0.4, 0.5) is 10.2 Å². The molecule has 94 valence electrons. The van der Waals surface area contributed by atoms with E-state index in [9.17, 15) is 4.39 Å². The summed E-state index contributed by atoms with van der Waals surface area (Å²) in [6.45, 7) is 0.965. The summed E-state index contributed by atoms with van der Waals surface area (Å²) in [6.07, 6.45) is 1.56. The van der Waals surface area contributed by atoms with Gasteiger partial charge in [-0.3, -0.25) is 0 Å². The molecule has 0 unspecified atom stereocenters. The molecule has 2 rings (SSSR count). The topological polar surface area (TPSA) is 50.9 Å². The number of anilines is 1. The third-order valence-electron chi connectivity index (χ3n) is 2.59. The molecule has 0 radical (unpaired) electrons. The lowest BCUT2D eigenvalue weighted by atomic mass is 10.1. The lowest BCUT2D eigenvalue weighted by molar-refractivity contribution is 0.623. The highest BCUT2D eigenvalue weighted by Crippen LogP contribution is 2.17. The van der Waals surface area contributed by atoms with Gasteiger partial charge in [0.25, 0.3) is 0 Å². The number of nitrogens with two attached hydrogens (primary N) is 1. The summed E-state index contributed by atoms with van der Waals surface area (Å²) < 4.78 is 14.2. The molecule has 18 heavy (non-hydrogen) atoms. The van der Waals surface area contributed by atoms with Crippen molar-refractivity contribution in [2.24, 2.45) is 5.73 Å². The summed E-state index contributed by atoms with van der Waals surface area (Å²) in [7, 11) is 0. The van der Waals surface area contributed by atoms with Gasteiger partial charge in [0.1, 0.15) is 0 Å². The summed E-state index contributed by atoms with van der Waals surface area (Å²) >= 11 is 3.17. The number of rotatable bonds is 4. The number of halogens is 2. The first kappa shape index (κ1) is 13.0. The molecular formula is C13H13BrFN3. The van der Waals surface area contributed by atoms with Gasteiger partial charge in [0.15, 0.2) is 11.6 Å². The molecule has 0 bridgehead atoms. The van der Waals surface area contributed by atoms with Crippen LogP contribution >= 0.6 is 15.9 Å².